The summed E-state index contributed by atoms with van der Waals surface area (Å²) in [6, 6.07) is 0. The van der Waals surface area contributed by atoms with Crippen molar-refractivity contribution in [3.05, 3.63) is 0 Å². The maximum atomic E-state index is 12.4. The molecule has 0 saturated heterocycles. The second kappa shape index (κ2) is 11.9. The van der Waals surface area contributed by atoms with Crippen molar-refractivity contribution in [3.63, 3.8) is 0 Å². The fourth-order valence-corrected chi connectivity index (χ4v) is 3.01. The molecule has 0 aliphatic carbocycles. The van der Waals surface area contributed by atoms with E-state index in [1.165, 1.54) is 0 Å². The topological polar surface area (TPSA) is 46.5 Å². The number of aliphatic hydroxyl groups is 1. The van der Waals surface area contributed by atoms with Gasteiger partial charge in [0, 0.05) is 5.41 Å². The van der Waals surface area contributed by atoms with Gasteiger partial charge in [-0.15, -0.1) is 0 Å². The Bertz CT molecular complexity index is 284. The second-order valence-corrected chi connectivity index (χ2v) is 6.96. The third-order valence-corrected chi connectivity index (χ3v) is 4.96. The zero-order valence-electron chi connectivity index (χ0n) is 15.5. The van der Waals surface area contributed by atoms with Crippen molar-refractivity contribution in [2.24, 2.45) is 17.3 Å². The highest BCUT2D eigenvalue weighted by Gasteiger charge is 2.30. The molecule has 3 atom stereocenters. The van der Waals surface area contributed by atoms with Gasteiger partial charge >= 0.3 is 5.97 Å². The quantitative estimate of drug-likeness (QED) is 0.489. The standard InChI is InChI=1S/C19H38O3/c1-6-10-12-19(9-4,14-20)15-22-18(21)17(8-3)13-16(5)11-7-2/h16-17,20H,6-15H2,1-5H3. The summed E-state index contributed by atoms with van der Waals surface area (Å²) in [6.45, 7) is 11.1. The van der Waals surface area contributed by atoms with Crippen LogP contribution in [-0.2, 0) is 9.53 Å². The number of ether oxygens (including phenoxy) is 1. The van der Waals surface area contributed by atoms with Gasteiger partial charge in [-0.1, -0.05) is 60.3 Å². The van der Waals surface area contributed by atoms with Gasteiger partial charge in [0.05, 0.1) is 19.1 Å². The summed E-state index contributed by atoms with van der Waals surface area (Å²) in [5.41, 5.74) is -0.251. The first-order valence-electron chi connectivity index (χ1n) is 9.25. The smallest absolute Gasteiger partial charge is 0.308 e. The highest BCUT2D eigenvalue weighted by molar-refractivity contribution is 5.72. The minimum Gasteiger partial charge on any atom is -0.465 e. The zero-order chi connectivity index (χ0) is 17.0. The Morgan fingerprint density at radius 3 is 2.32 bits per heavy atom. The SMILES string of the molecule is CCCCC(CC)(CO)COC(=O)C(CC)CC(C)CCC. The molecule has 0 aliphatic rings. The van der Waals surface area contributed by atoms with Crippen LogP contribution in [0.3, 0.4) is 0 Å². The normalized spacial score (nSPS) is 16.8. The lowest BCUT2D eigenvalue weighted by Crippen LogP contribution is -2.33. The molecule has 0 aromatic carbocycles. The van der Waals surface area contributed by atoms with Crippen LogP contribution in [0.2, 0.25) is 0 Å². The summed E-state index contributed by atoms with van der Waals surface area (Å²) in [7, 11) is 0. The van der Waals surface area contributed by atoms with Crippen molar-refractivity contribution in [2.75, 3.05) is 13.2 Å². The van der Waals surface area contributed by atoms with Crippen molar-refractivity contribution in [1.82, 2.24) is 0 Å². The summed E-state index contributed by atoms with van der Waals surface area (Å²) in [6.07, 6.45) is 8.00. The van der Waals surface area contributed by atoms with E-state index in [9.17, 15) is 9.90 Å². The largest absolute Gasteiger partial charge is 0.465 e. The van der Waals surface area contributed by atoms with E-state index in [1.54, 1.807) is 0 Å². The van der Waals surface area contributed by atoms with E-state index >= 15 is 0 Å². The minimum atomic E-state index is -0.251. The zero-order valence-corrected chi connectivity index (χ0v) is 15.5. The predicted molar refractivity (Wildman–Crippen MR) is 92.8 cm³/mol. The van der Waals surface area contributed by atoms with Gasteiger partial charge < -0.3 is 9.84 Å². The van der Waals surface area contributed by atoms with Gasteiger partial charge in [-0.2, -0.15) is 0 Å². The number of aliphatic hydroxyl groups excluding tert-OH is 1. The molecule has 132 valence electrons. The summed E-state index contributed by atoms with van der Waals surface area (Å²) in [5, 5.41) is 9.74. The number of rotatable bonds is 13. The number of hydrogen-bond acceptors (Lipinski definition) is 3. The van der Waals surface area contributed by atoms with Crippen LogP contribution in [-0.4, -0.2) is 24.3 Å². The average Bonchev–Trinajstić information content (AvgIpc) is 2.53. The predicted octanol–water partition coefficient (Wildman–Crippen LogP) is 4.96. The highest BCUT2D eigenvalue weighted by Crippen LogP contribution is 2.30. The molecule has 0 heterocycles. The van der Waals surface area contributed by atoms with E-state index in [1.807, 2.05) is 0 Å². The Morgan fingerprint density at radius 2 is 1.86 bits per heavy atom. The summed E-state index contributed by atoms with van der Waals surface area (Å²) in [5.74, 6) is 0.491. The molecule has 0 aromatic heterocycles. The lowest BCUT2D eigenvalue weighted by molar-refractivity contribution is -0.154. The Morgan fingerprint density at radius 1 is 1.18 bits per heavy atom. The lowest BCUT2D eigenvalue weighted by Gasteiger charge is -2.31. The number of esters is 1. The van der Waals surface area contributed by atoms with Crippen LogP contribution in [0.25, 0.3) is 0 Å². The molecule has 0 aromatic rings. The number of carbonyl (C=O) groups excluding carboxylic acids is 1. The molecule has 3 nitrogen and oxygen atoms in total. The molecule has 22 heavy (non-hydrogen) atoms. The third-order valence-electron chi connectivity index (χ3n) is 4.96. The molecule has 0 bridgehead atoms. The molecule has 0 fully saturated rings. The van der Waals surface area contributed by atoms with Crippen LogP contribution in [0.5, 0.6) is 0 Å². The highest BCUT2D eigenvalue weighted by atomic mass is 16.5. The van der Waals surface area contributed by atoms with E-state index < -0.39 is 0 Å². The van der Waals surface area contributed by atoms with Gasteiger partial charge in [0.15, 0.2) is 0 Å². The van der Waals surface area contributed by atoms with E-state index in [4.69, 9.17) is 4.74 Å². The lowest BCUT2D eigenvalue weighted by atomic mass is 9.82. The first-order chi connectivity index (χ1) is 10.5. The van der Waals surface area contributed by atoms with Gasteiger partial charge in [-0.25, -0.2) is 0 Å². The number of unbranched alkanes of at least 4 members (excludes halogenated alkanes) is 1. The molecular weight excluding hydrogens is 276 g/mol. The van der Waals surface area contributed by atoms with Gasteiger partial charge in [-0.3, -0.25) is 4.79 Å². The van der Waals surface area contributed by atoms with E-state index in [-0.39, 0.29) is 23.9 Å². The molecule has 0 radical (unpaired) electrons. The molecule has 3 heteroatoms. The molecule has 3 unspecified atom stereocenters. The van der Waals surface area contributed by atoms with E-state index in [0.29, 0.717) is 12.5 Å². The maximum absolute atomic E-state index is 12.4. The van der Waals surface area contributed by atoms with Crippen LogP contribution in [0.1, 0.15) is 86.0 Å². The molecule has 0 aliphatic heterocycles. The van der Waals surface area contributed by atoms with Crippen molar-refractivity contribution < 1.29 is 14.6 Å². The molecule has 0 rings (SSSR count). The fraction of sp³-hybridized carbons (Fsp3) is 0.947. The van der Waals surface area contributed by atoms with Crippen LogP contribution in [0.15, 0.2) is 0 Å². The van der Waals surface area contributed by atoms with Crippen LogP contribution < -0.4 is 0 Å². The summed E-state index contributed by atoms with van der Waals surface area (Å²) < 4.78 is 5.62. The van der Waals surface area contributed by atoms with Crippen LogP contribution in [0, 0.1) is 17.3 Å². The van der Waals surface area contributed by atoms with Crippen molar-refractivity contribution in [1.29, 1.82) is 0 Å². The van der Waals surface area contributed by atoms with Crippen molar-refractivity contribution in [2.45, 2.75) is 86.0 Å². The first-order valence-corrected chi connectivity index (χ1v) is 9.25. The fourth-order valence-electron chi connectivity index (χ4n) is 3.01. The van der Waals surface area contributed by atoms with Crippen LogP contribution in [0.4, 0.5) is 0 Å². The van der Waals surface area contributed by atoms with E-state index in [2.05, 4.69) is 34.6 Å². The van der Waals surface area contributed by atoms with Gasteiger partial charge in [0.25, 0.3) is 0 Å². The van der Waals surface area contributed by atoms with Gasteiger partial charge in [0.2, 0.25) is 0 Å². The van der Waals surface area contributed by atoms with E-state index in [0.717, 1.165) is 51.4 Å². The first kappa shape index (κ1) is 21.4. The molecule has 0 amide bonds. The molecule has 1 N–H and O–H groups in total. The monoisotopic (exact) mass is 314 g/mol. The number of hydrogen-bond donors (Lipinski definition) is 1. The van der Waals surface area contributed by atoms with Gasteiger partial charge in [-0.05, 0) is 31.6 Å². The molecule has 0 spiro atoms. The Hall–Kier alpha value is -0.570. The Balaban J connectivity index is 4.52. The third kappa shape index (κ3) is 7.62. The Labute approximate surface area is 137 Å². The minimum absolute atomic E-state index is 0.000902. The maximum Gasteiger partial charge on any atom is 0.308 e. The molecular formula is C19H38O3. The van der Waals surface area contributed by atoms with Crippen molar-refractivity contribution >= 4 is 5.97 Å². The van der Waals surface area contributed by atoms with Crippen molar-refractivity contribution in [3.8, 4) is 0 Å². The summed E-state index contributed by atoms with van der Waals surface area (Å²) in [4.78, 5) is 12.4. The molecule has 0 saturated carbocycles. The number of carbonyl (C=O) groups is 1. The van der Waals surface area contributed by atoms with Gasteiger partial charge in [0.1, 0.15) is 0 Å². The Kier molecular flexibility index (Phi) is 11.6. The van der Waals surface area contributed by atoms with Crippen LogP contribution >= 0.6 is 0 Å². The average molecular weight is 315 g/mol. The second-order valence-electron chi connectivity index (χ2n) is 6.96. The summed E-state index contributed by atoms with van der Waals surface area (Å²) >= 11 is 0.